The number of benzene rings is 7. The van der Waals surface area contributed by atoms with E-state index in [2.05, 4.69) is 140 Å². The Morgan fingerprint density at radius 3 is 1.92 bits per heavy atom. The van der Waals surface area contributed by atoms with Crippen LogP contribution in [0.3, 0.4) is 0 Å². The minimum absolute atomic E-state index is 0.106. The van der Waals surface area contributed by atoms with Gasteiger partial charge in [-0.2, -0.15) is 0 Å². The van der Waals surface area contributed by atoms with E-state index in [0.717, 1.165) is 51.1 Å². The first-order valence-electron chi connectivity index (χ1n) is 17.5. The Bertz CT molecular complexity index is 2890. The number of hydrogen-bond acceptors (Lipinski definition) is 4. The number of furan rings is 1. The monoisotopic (exact) mass is 651 g/mol. The fraction of sp³-hybridized carbons (Fsp3) is 0.0426. The molecule has 7 aromatic carbocycles. The van der Waals surface area contributed by atoms with Crippen molar-refractivity contribution in [2.24, 2.45) is 0 Å². The summed E-state index contributed by atoms with van der Waals surface area (Å²) in [4.78, 5) is 15.6. The highest BCUT2D eigenvalue weighted by atomic mass is 16.3. The molecule has 2 heterocycles. The quantitative estimate of drug-likeness (QED) is 0.190. The third kappa shape index (κ3) is 4.36. The molecule has 9 aromatic rings. The van der Waals surface area contributed by atoms with Crippen molar-refractivity contribution in [3.05, 3.63) is 169 Å². The van der Waals surface area contributed by atoms with Gasteiger partial charge in [0.15, 0.2) is 11.6 Å². The molecule has 0 amide bonds. The molecule has 4 nitrogen and oxygen atoms in total. The molecule has 2 aliphatic carbocycles. The molecule has 1 atom stereocenters. The Labute approximate surface area is 294 Å². The van der Waals surface area contributed by atoms with Crippen LogP contribution in [0.15, 0.2) is 156 Å². The second-order valence-corrected chi connectivity index (χ2v) is 13.5. The van der Waals surface area contributed by atoms with Gasteiger partial charge in [-0.05, 0) is 85.6 Å². The topological polar surface area (TPSA) is 51.8 Å². The smallest absolute Gasteiger partial charge is 0.163 e. The number of rotatable bonds is 4. The van der Waals surface area contributed by atoms with Gasteiger partial charge in [0.05, 0.1) is 5.92 Å². The van der Waals surface area contributed by atoms with Crippen molar-refractivity contribution in [2.75, 3.05) is 0 Å². The predicted molar refractivity (Wildman–Crippen MR) is 207 cm³/mol. The molecule has 1 unspecified atom stereocenters. The SMILES string of the molecule is C1=Cc2oc3cc4c5c(cccc5c3c2C(c2nc(-c3ccccc3)nc(-c3ccc5cc(-c6ccccc6)ccc5c3)n2)C1)-c1ccccc1-4. The average molecular weight is 652 g/mol. The summed E-state index contributed by atoms with van der Waals surface area (Å²) in [5.74, 6) is 2.85. The second-order valence-electron chi connectivity index (χ2n) is 13.5. The van der Waals surface area contributed by atoms with Crippen molar-refractivity contribution >= 4 is 38.6 Å². The van der Waals surface area contributed by atoms with Crippen LogP contribution < -0.4 is 0 Å². The van der Waals surface area contributed by atoms with Crippen molar-refractivity contribution in [3.63, 3.8) is 0 Å². The molecule has 0 aliphatic heterocycles. The van der Waals surface area contributed by atoms with Gasteiger partial charge in [-0.25, -0.2) is 15.0 Å². The van der Waals surface area contributed by atoms with E-state index in [4.69, 9.17) is 19.4 Å². The molecule has 2 aliphatic rings. The van der Waals surface area contributed by atoms with E-state index in [1.54, 1.807) is 0 Å². The van der Waals surface area contributed by atoms with Crippen molar-refractivity contribution in [1.29, 1.82) is 0 Å². The summed E-state index contributed by atoms with van der Waals surface area (Å²) in [6.45, 7) is 0. The third-order valence-electron chi connectivity index (χ3n) is 10.6. The maximum atomic E-state index is 6.69. The lowest BCUT2D eigenvalue weighted by molar-refractivity contribution is 0.586. The van der Waals surface area contributed by atoms with Crippen LogP contribution in [0.1, 0.15) is 29.5 Å². The Kier molecular flexibility index (Phi) is 6.05. The molecule has 0 N–H and O–H groups in total. The van der Waals surface area contributed by atoms with Crippen LogP contribution in [0.4, 0.5) is 0 Å². The first-order valence-corrected chi connectivity index (χ1v) is 17.5. The summed E-state index contributed by atoms with van der Waals surface area (Å²) >= 11 is 0. The molecule has 11 rings (SSSR count). The van der Waals surface area contributed by atoms with E-state index in [9.17, 15) is 0 Å². The van der Waals surface area contributed by atoms with E-state index >= 15 is 0 Å². The van der Waals surface area contributed by atoms with E-state index in [0.29, 0.717) is 11.6 Å². The highest BCUT2D eigenvalue weighted by molar-refractivity contribution is 6.23. The number of allylic oxidation sites excluding steroid dienone is 1. The number of aromatic nitrogens is 3. The number of fused-ring (bicyclic) bond motifs is 8. The highest BCUT2D eigenvalue weighted by Gasteiger charge is 2.32. The molecule has 0 saturated heterocycles. The zero-order valence-electron chi connectivity index (χ0n) is 27.5. The largest absolute Gasteiger partial charge is 0.456 e. The van der Waals surface area contributed by atoms with Gasteiger partial charge >= 0.3 is 0 Å². The van der Waals surface area contributed by atoms with E-state index < -0.39 is 0 Å². The molecule has 0 bridgehead atoms. The molecule has 2 aromatic heterocycles. The Morgan fingerprint density at radius 2 is 1.14 bits per heavy atom. The number of nitrogens with zero attached hydrogens (tertiary/aromatic N) is 3. The van der Waals surface area contributed by atoms with Crippen molar-refractivity contribution < 1.29 is 4.42 Å². The van der Waals surface area contributed by atoms with Crippen molar-refractivity contribution in [1.82, 2.24) is 15.0 Å². The van der Waals surface area contributed by atoms with Crippen LogP contribution in [-0.2, 0) is 0 Å². The van der Waals surface area contributed by atoms with Gasteiger partial charge in [0.1, 0.15) is 17.2 Å². The summed E-state index contributed by atoms with van der Waals surface area (Å²) in [6, 6.07) is 51.4. The highest BCUT2D eigenvalue weighted by Crippen LogP contribution is 2.52. The molecule has 238 valence electrons. The summed E-state index contributed by atoms with van der Waals surface area (Å²) in [5, 5.41) is 5.97. The van der Waals surface area contributed by atoms with Crippen LogP contribution in [0.5, 0.6) is 0 Å². The minimum atomic E-state index is -0.106. The van der Waals surface area contributed by atoms with Gasteiger partial charge < -0.3 is 4.42 Å². The normalized spacial score (nSPS) is 14.3. The third-order valence-corrected chi connectivity index (χ3v) is 10.6. The summed E-state index contributed by atoms with van der Waals surface area (Å²) in [5.41, 5.74) is 11.4. The molecule has 4 heteroatoms. The maximum Gasteiger partial charge on any atom is 0.163 e. The van der Waals surface area contributed by atoms with Gasteiger partial charge in [0.2, 0.25) is 0 Å². The Hall–Kier alpha value is -6.65. The van der Waals surface area contributed by atoms with Crippen LogP contribution in [0.2, 0.25) is 0 Å². The Morgan fingerprint density at radius 1 is 0.490 bits per heavy atom. The number of hydrogen-bond donors (Lipinski definition) is 0. The summed E-state index contributed by atoms with van der Waals surface area (Å²) in [6.07, 6.45) is 5.08. The summed E-state index contributed by atoms with van der Waals surface area (Å²) in [7, 11) is 0. The van der Waals surface area contributed by atoms with Crippen molar-refractivity contribution in [3.8, 4) is 56.2 Å². The fourth-order valence-electron chi connectivity index (χ4n) is 8.23. The molecular formula is C47H29N3O. The van der Waals surface area contributed by atoms with E-state index in [1.165, 1.54) is 49.5 Å². The second kappa shape index (κ2) is 10.9. The van der Waals surface area contributed by atoms with Gasteiger partial charge in [-0.3, -0.25) is 0 Å². The van der Waals surface area contributed by atoms with Crippen LogP contribution in [0.25, 0.3) is 94.7 Å². The molecule has 0 radical (unpaired) electrons. The first kappa shape index (κ1) is 28.2. The molecular weight excluding hydrogens is 623 g/mol. The Balaban J connectivity index is 1.09. The lowest BCUT2D eigenvalue weighted by atomic mass is 9.86. The fourth-order valence-corrected chi connectivity index (χ4v) is 8.23. The summed E-state index contributed by atoms with van der Waals surface area (Å²) < 4.78 is 6.69. The van der Waals surface area contributed by atoms with Gasteiger partial charge in [-0.1, -0.05) is 133 Å². The molecule has 0 spiro atoms. The minimum Gasteiger partial charge on any atom is -0.456 e. The van der Waals surface area contributed by atoms with Gasteiger partial charge in [-0.15, -0.1) is 0 Å². The van der Waals surface area contributed by atoms with Crippen molar-refractivity contribution in [2.45, 2.75) is 12.3 Å². The molecule has 51 heavy (non-hydrogen) atoms. The lowest BCUT2D eigenvalue weighted by Crippen LogP contribution is -2.11. The zero-order valence-corrected chi connectivity index (χ0v) is 27.5. The van der Waals surface area contributed by atoms with Gasteiger partial charge in [0.25, 0.3) is 0 Å². The van der Waals surface area contributed by atoms with Gasteiger partial charge in [0, 0.05) is 22.1 Å². The van der Waals surface area contributed by atoms with Crippen LogP contribution >= 0.6 is 0 Å². The average Bonchev–Trinajstić information content (AvgIpc) is 3.75. The van der Waals surface area contributed by atoms with E-state index in [1.807, 2.05) is 18.2 Å². The zero-order chi connectivity index (χ0) is 33.5. The maximum absolute atomic E-state index is 6.69. The molecule has 0 saturated carbocycles. The molecule has 0 fully saturated rings. The standard InChI is InChI=1S/C47H29N3O/c1-3-11-28(12-4-1)30-21-22-32-26-33(24-23-31(32)25-30)46-48-45(29-13-5-2-6-14-29)49-47(50-46)38-19-10-20-40-44(38)43-37-18-9-17-36-34-15-7-8-16-35(34)39(42(36)37)27-41(43)51-40/h1-18,20-27,38H,19H2. The van der Waals surface area contributed by atoms with Crippen LogP contribution in [-0.4, -0.2) is 15.0 Å². The van der Waals surface area contributed by atoms with E-state index in [-0.39, 0.29) is 5.92 Å². The lowest BCUT2D eigenvalue weighted by Gasteiger charge is -2.19. The predicted octanol–water partition coefficient (Wildman–Crippen LogP) is 12.1. The first-order chi connectivity index (χ1) is 25.3. The van der Waals surface area contributed by atoms with Crippen LogP contribution in [0, 0.1) is 0 Å².